The molecule has 0 bridgehead atoms. The molecule has 0 radical (unpaired) electrons. The van der Waals surface area contributed by atoms with Crippen molar-refractivity contribution in [3.05, 3.63) is 24.0 Å². The van der Waals surface area contributed by atoms with Crippen molar-refractivity contribution < 1.29 is 14.4 Å². The van der Waals surface area contributed by atoms with Gasteiger partial charge in [-0.3, -0.25) is 19.7 Å². The molecule has 0 aromatic carbocycles. The van der Waals surface area contributed by atoms with Crippen molar-refractivity contribution in [1.29, 1.82) is 0 Å². The van der Waals surface area contributed by atoms with Gasteiger partial charge in [0.2, 0.25) is 11.8 Å². The number of nitrogens with one attached hydrogen (secondary N) is 2. The largest absolute Gasteiger partial charge is 0.370 e. The fourth-order valence-electron chi connectivity index (χ4n) is 3.60. The Hall–Kier alpha value is -2.44. The summed E-state index contributed by atoms with van der Waals surface area (Å²) in [6, 6.07) is 2.91. The quantitative estimate of drug-likeness (QED) is 0.796. The summed E-state index contributed by atoms with van der Waals surface area (Å²) in [5.41, 5.74) is 1.29. The lowest BCUT2D eigenvalue weighted by atomic mass is 9.86. The second-order valence-corrected chi connectivity index (χ2v) is 7.45. The van der Waals surface area contributed by atoms with E-state index in [4.69, 9.17) is 0 Å². The van der Waals surface area contributed by atoms with Crippen molar-refractivity contribution in [2.45, 2.75) is 45.6 Å². The van der Waals surface area contributed by atoms with Gasteiger partial charge in [-0.2, -0.15) is 0 Å². The Labute approximate surface area is 153 Å². The van der Waals surface area contributed by atoms with E-state index in [2.05, 4.69) is 34.4 Å². The molecule has 2 aliphatic rings. The number of nitrogens with zero attached hydrogens (tertiary/aromatic N) is 2. The number of carbonyl (C=O) groups is 3. The minimum Gasteiger partial charge on any atom is -0.370 e. The summed E-state index contributed by atoms with van der Waals surface area (Å²) < 4.78 is 0. The minimum absolute atomic E-state index is 0.232. The molecule has 2 N–H and O–H groups in total. The summed E-state index contributed by atoms with van der Waals surface area (Å²) in [7, 11) is 0. The normalized spacial score (nSPS) is 21.7. The molecule has 2 fully saturated rings. The van der Waals surface area contributed by atoms with Crippen LogP contribution in [0.4, 0.5) is 5.69 Å². The zero-order valence-electron chi connectivity index (χ0n) is 15.3. The number of anilines is 1. The maximum absolute atomic E-state index is 12.3. The van der Waals surface area contributed by atoms with E-state index >= 15 is 0 Å². The van der Waals surface area contributed by atoms with Gasteiger partial charge in [-0.1, -0.05) is 13.8 Å². The summed E-state index contributed by atoms with van der Waals surface area (Å²) >= 11 is 0. The van der Waals surface area contributed by atoms with E-state index in [1.165, 1.54) is 12.8 Å². The first-order valence-electron chi connectivity index (χ1n) is 9.29. The number of amides is 3. The van der Waals surface area contributed by atoms with Gasteiger partial charge < -0.3 is 10.2 Å². The van der Waals surface area contributed by atoms with E-state index in [1.54, 1.807) is 12.3 Å². The minimum atomic E-state index is -0.684. The molecule has 1 aromatic heterocycles. The molecule has 140 valence electrons. The van der Waals surface area contributed by atoms with Crippen LogP contribution in [0.25, 0.3) is 0 Å². The van der Waals surface area contributed by atoms with Crippen molar-refractivity contribution in [3.8, 4) is 0 Å². The van der Waals surface area contributed by atoms with Crippen molar-refractivity contribution in [2.75, 3.05) is 18.0 Å². The van der Waals surface area contributed by atoms with Crippen LogP contribution in [0.5, 0.6) is 0 Å². The van der Waals surface area contributed by atoms with Gasteiger partial charge in [0, 0.05) is 19.5 Å². The van der Waals surface area contributed by atoms with Crippen LogP contribution in [-0.2, 0) is 9.59 Å². The van der Waals surface area contributed by atoms with Crippen LogP contribution in [-0.4, -0.2) is 41.8 Å². The molecule has 7 heteroatoms. The highest BCUT2D eigenvalue weighted by molar-refractivity contribution is 6.03. The number of carbonyl (C=O) groups excluding carboxylic acids is 3. The first kappa shape index (κ1) is 18.4. The van der Waals surface area contributed by atoms with Crippen LogP contribution in [0.1, 0.15) is 50.0 Å². The number of pyridine rings is 1. The van der Waals surface area contributed by atoms with Gasteiger partial charge in [-0.25, -0.2) is 4.98 Å². The van der Waals surface area contributed by atoms with Crippen molar-refractivity contribution in [3.63, 3.8) is 0 Å². The summed E-state index contributed by atoms with van der Waals surface area (Å²) in [5, 5.41) is 4.87. The smallest absolute Gasteiger partial charge is 0.270 e. The van der Waals surface area contributed by atoms with Gasteiger partial charge in [-0.05, 0) is 43.2 Å². The van der Waals surface area contributed by atoms with Crippen LogP contribution in [0.15, 0.2) is 18.3 Å². The molecule has 2 saturated heterocycles. The number of hydrogen-bond donors (Lipinski definition) is 2. The van der Waals surface area contributed by atoms with Gasteiger partial charge in [0.15, 0.2) is 0 Å². The zero-order valence-corrected chi connectivity index (χ0v) is 15.3. The molecule has 3 amide bonds. The molecule has 2 aliphatic heterocycles. The summed E-state index contributed by atoms with van der Waals surface area (Å²) in [5.74, 6) is 0.333. The molecule has 3 heterocycles. The van der Waals surface area contributed by atoms with Crippen LogP contribution in [0, 0.1) is 11.8 Å². The Morgan fingerprint density at radius 1 is 1.23 bits per heavy atom. The Morgan fingerprint density at radius 3 is 2.54 bits per heavy atom. The highest BCUT2D eigenvalue weighted by atomic mass is 16.2. The lowest BCUT2D eigenvalue weighted by molar-refractivity contribution is -0.134. The molecule has 1 atom stereocenters. The Morgan fingerprint density at radius 2 is 1.96 bits per heavy atom. The van der Waals surface area contributed by atoms with Gasteiger partial charge >= 0.3 is 0 Å². The monoisotopic (exact) mass is 358 g/mol. The van der Waals surface area contributed by atoms with Crippen LogP contribution in [0.2, 0.25) is 0 Å². The van der Waals surface area contributed by atoms with Gasteiger partial charge in [0.1, 0.15) is 11.7 Å². The lowest BCUT2D eigenvalue weighted by Crippen LogP contribution is -2.52. The molecule has 0 aliphatic carbocycles. The first-order valence-corrected chi connectivity index (χ1v) is 9.29. The predicted octanol–water partition coefficient (Wildman–Crippen LogP) is 1.49. The molecule has 1 aromatic rings. The summed E-state index contributed by atoms with van der Waals surface area (Å²) in [6.07, 6.45) is 4.62. The van der Waals surface area contributed by atoms with E-state index in [-0.39, 0.29) is 18.0 Å². The average molecular weight is 358 g/mol. The maximum atomic E-state index is 12.3. The molecular formula is C19H26N4O3. The third kappa shape index (κ3) is 4.20. The molecule has 1 unspecified atom stereocenters. The van der Waals surface area contributed by atoms with E-state index in [0.29, 0.717) is 12.3 Å². The zero-order chi connectivity index (χ0) is 18.7. The average Bonchev–Trinajstić information content (AvgIpc) is 2.64. The van der Waals surface area contributed by atoms with Crippen LogP contribution >= 0.6 is 0 Å². The van der Waals surface area contributed by atoms with Crippen LogP contribution < -0.4 is 15.5 Å². The molecular weight excluding hydrogens is 332 g/mol. The predicted molar refractivity (Wildman–Crippen MR) is 97.6 cm³/mol. The second-order valence-electron chi connectivity index (χ2n) is 7.45. The molecule has 7 nitrogen and oxygen atoms in total. The van der Waals surface area contributed by atoms with E-state index in [9.17, 15) is 14.4 Å². The Balaban J connectivity index is 1.56. The number of imide groups is 1. The van der Waals surface area contributed by atoms with Gasteiger partial charge in [0.25, 0.3) is 5.91 Å². The topological polar surface area (TPSA) is 91.4 Å². The summed E-state index contributed by atoms with van der Waals surface area (Å²) in [6.45, 7) is 6.56. The number of piperidine rings is 2. The molecule has 0 saturated carbocycles. The Kier molecular flexibility index (Phi) is 5.54. The summed E-state index contributed by atoms with van der Waals surface area (Å²) in [4.78, 5) is 41.7. The van der Waals surface area contributed by atoms with E-state index in [1.807, 2.05) is 6.07 Å². The maximum Gasteiger partial charge on any atom is 0.270 e. The third-order valence-corrected chi connectivity index (χ3v) is 5.37. The highest BCUT2D eigenvalue weighted by Crippen LogP contribution is 2.27. The molecule has 3 rings (SSSR count). The second kappa shape index (κ2) is 7.85. The van der Waals surface area contributed by atoms with Crippen molar-refractivity contribution >= 4 is 23.4 Å². The SMILES string of the molecule is CC(C)C1CCN(c2ccc(C(=O)NC3CCC(=O)NC3=O)nc2)CC1. The van der Waals surface area contributed by atoms with Crippen LogP contribution in [0.3, 0.4) is 0 Å². The molecule has 26 heavy (non-hydrogen) atoms. The highest BCUT2D eigenvalue weighted by Gasteiger charge is 2.28. The van der Waals surface area contributed by atoms with E-state index < -0.39 is 17.9 Å². The molecule has 0 spiro atoms. The fraction of sp³-hybridized carbons (Fsp3) is 0.579. The third-order valence-electron chi connectivity index (χ3n) is 5.37. The van der Waals surface area contributed by atoms with Crippen molar-refractivity contribution in [1.82, 2.24) is 15.6 Å². The van der Waals surface area contributed by atoms with E-state index in [0.717, 1.165) is 24.7 Å². The van der Waals surface area contributed by atoms with Crippen molar-refractivity contribution in [2.24, 2.45) is 11.8 Å². The lowest BCUT2D eigenvalue weighted by Gasteiger charge is -2.35. The number of aromatic nitrogens is 1. The Bertz CT molecular complexity index is 679. The first-order chi connectivity index (χ1) is 12.4. The van der Waals surface area contributed by atoms with Gasteiger partial charge in [0.05, 0.1) is 11.9 Å². The fourth-order valence-corrected chi connectivity index (χ4v) is 3.60. The number of hydrogen-bond acceptors (Lipinski definition) is 5. The van der Waals surface area contributed by atoms with Gasteiger partial charge in [-0.15, -0.1) is 0 Å². The standard InChI is InChI=1S/C19H26N4O3/c1-12(2)13-7-9-23(10-8-13)14-3-4-15(20-11-14)18(25)21-16-5-6-17(24)22-19(16)26/h3-4,11-13,16H,5-10H2,1-2H3,(H,21,25)(H,22,24,26). The number of rotatable bonds is 4.